The molecular formula is C10H17N3O2S2. The largest absolute Gasteiger partial charge is 0.238 e. The molecule has 0 atom stereocenters. The zero-order chi connectivity index (χ0) is 13.1. The number of thioether (sulfide) groups is 1. The molecular weight excluding hydrogens is 258 g/mol. The van der Waals surface area contributed by atoms with Crippen LogP contribution < -0.4 is 5.14 Å². The van der Waals surface area contributed by atoms with Gasteiger partial charge in [-0.05, 0) is 13.0 Å². The lowest BCUT2D eigenvalue weighted by Gasteiger charge is -2.07. The van der Waals surface area contributed by atoms with Gasteiger partial charge in [-0.15, -0.1) is 11.8 Å². The van der Waals surface area contributed by atoms with Crippen molar-refractivity contribution in [3.05, 3.63) is 17.6 Å². The topological polar surface area (TPSA) is 85.9 Å². The SMILES string of the molecule is Cc1cc(SCCS(N)(=O)=O)nc(C(C)C)n1. The number of aromatic nitrogens is 2. The van der Waals surface area contributed by atoms with Crippen LogP contribution in [-0.2, 0) is 10.0 Å². The van der Waals surface area contributed by atoms with Crippen molar-refractivity contribution in [1.29, 1.82) is 0 Å². The van der Waals surface area contributed by atoms with Gasteiger partial charge in [0.2, 0.25) is 10.0 Å². The third-order valence-electron chi connectivity index (χ3n) is 1.98. The van der Waals surface area contributed by atoms with Gasteiger partial charge in [-0.2, -0.15) is 0 Å². The van der Waals surface area contributed by atoms with Gasteiger partial charge in [0, 0.05) is 17.4 Å². The zero-order valence-corrected chi connectivity index (χ0v) is 11.8. The van der Waals surface area contributed by atoms with Gasteiger partial charge in [0.25, 0.3) is 0 Å². The van der Waals surface area contributed by atoms with Crippen molar-refractivity contribution in [2.75, 3.05) is 11.5 Å². The van der Waals surface area contributed by atoms with Gasteiger partial charge in [0.15, 0.2) is 0 Å². The van der Waals surface area contributed by atoms with Crippen LogP contribution in [0.2, 0.25) is 0 Å². The Bertz CT molecular complexity index is 486. The van der Waals surface area contributed by atoms with Crippen molar-refractivity contribution in [1.82, 2.24) is 9.97 Å². The fraction of sp³-hybridized carbons (Fsp3) is 0.600. The van der Waals surface area contributed by atoms with Crippen LogP contribution >= 0.6 is 11.8 Å². The highest BCUT2D eigenvalue weighted by Gasteiger charge is 2.08. The van der Waals surface area contributed by atoms with Crippen LogP contribution in [0, 0.1) is 6.92 Å². The maximum atomic E-state index is 10.8. The Morgan fingerprint density at radius 3 is 2.59 bits per heavy atom. The lowest BCUT2D eigenvalue weighted by Crippen LogP contribution is -2.17. The second kappa shape index (κ2) is 5.79. The molecule has 1 aromatic heterocycles. The van der Waals surface area contributed by atoms with Crippen molar-refractivity contribution in [2.45, 2.75) is 31.7 Å². The van der Waals surface area contributed by atoms with E-state index in [0.717, 1.165) is 16.5 Å². The molecule has 5 nitrogen and oxygen atoms in total. The molecule has 0 aliphatic carbocycles. The number of hydrogen-bond donors (Lipinski definition) is 1. The minimum atomic E-state index is -3.40. The summed E-state index contributed by atoms with van der Waals surface area (Å²) in [4.78, 5) is 8.69. The Morgan fingerprint density at radius 1 is 1.41 bits per heavy atom. The lowest BCUT2D eigenvalue weighted by molar-refractivity contribution is 0.599. The number of aryl methyl sites for hydroxylation is 1. The molecule has 96 valence electrons. The van der Waals surface area contributed by atoms with Crippen LogP contribution in [0.3, 0.4) is 0 Å². The summed E-state index contributed by atoms with van der Waals surface area (Å²) >= 11 is 1.38. The molecule has 0 saturated carbocycles. The van der Waals surface area contributed by atoms with E-state index in [0.29, 0.717) is 5.75 Å². The molecule has 0 saturated heterocycles. The second-order valence-electron chi connectivity index (χ2n) is 4.08. The van der Waals surface area contributed by atoms with Gasteiger partial charge in [-0.1, -0.05) is 13.8 Å². The van der Waals surface area contributed by atoms with E-state index in [1.54, 1.807) is 0 Å². The molecule has 17 heavy (non-hydrogen) atoms. The third-order valence-corrected chi connectivity index (χ3v) is 3.93. The molecule has 0 aliphatic heterocycles. The quantitative estimate of drug-likeness (QED) is 0.646. The molecule has 0 aromatic carbocycles. The van der Waals surface area contributed by atoms with Crippen molar-refractivity contribution in [3.63, 3.8) is 0 Å². The van der Waals surface area contributed by atoms with Gasteiger partial charge in [0.05, 0.1) is 5.75 Å². The Labute approximate surface area is 106 Å². The minimum Gasteiger partial charge on any atom is -0.238 e. The highest BCUT2D eigenvalue weighted by atomic mass is 32.2. The number of rotatable bonds is 5. The molecule has 2 N–H and O–H groups in total. The number of nitrogens with zero attached hydrogens (tertiary/aromatic N) is 2. The standard InChI is InChI=1S/C10H17N3O2S2/c1-7(2)10-12-8(3)6-9(13-10)16-4-5-17(11,14)15/h6-7H,4-5H2,1-3H3,(H2,11,14,15). The van der Waals surface area contributed by atoms with Gasteiger partial charge in [0.1, 0.15) is 10.9 Å². The number of sulfonamides is 1. The Kier molecular flexibility index (Phi) is 4.91. The summed E-state index contributed by atoms with van der Waals surface area (Å²) in [7, 11) is -3.40. The van der Waals surface area contributed by atoms with E-state index >= 15 is 0 Å². The Morgan fingerprint density at radius 2 is 2.06 bits per heavy atom. The molecule has 0 fully saturated rings. The second-order valence-corrected chi connectivity index (χ2v) is 6.93. The summed E-state index contributed by atoms with van der Waals surface area (Å²) in [5.74, 6) is 1.40. The maximum Gasteiger partial charge on any atom is 0.209 e. The van der Waals surface area contributed by atoms with Crippen LogP contribution in [0.5, 0.6) is 0 Å². The summed E-state index contributed by atoms with van der Waals surface area (Å²) in [5, 5.41) is 5.73. The van der Waals surface area contributed by atoms with Crippen LogP contribution in [0.15, 0.2) is 11.1 Å². The molecule has 0 spiro atoms. The molecule has 7 heteroatoms. The Balaban J connectivity index is 2.71. The highest BCUT2D eigenvalue weighted by molar-refractivity contribution is 8.00. The van der Waals surface area contributed by atoms with E-state index in [2.05, 4.69) is 9.97 Å². The summed E-state index contributed by atoms with van der Waals surface area (Å²) in [6, 6.07) is 1.85. The van der Waals surface area contributed by atoms with E-state index in [4.69, 9.17) is 5.14 Å². The molecule has 0 amide bonds. The van der Waals surface area contributed by atoms with E-state index in [-0.39, 0.29) is 11.7 Å². The number of hydrogen-bond acceptors (Lipinski definition) is 5. The summed E-state index contributed by atoms with van der Waals surface area (Å²) in [6.45, 7) is 5.94. The van der Waals surface area contributed by atoms with Gasteiger partial charge in [-0.25, -0.2) is 23.5 Å². The van der Waals surface area contributed by atoms with Crippen molar-refractivity contribution >= 4 is 21.8 Å². The smallest absolute Gasteiger partial charge is 0.209 e. The van der Waals surface area contributed by atoms with Crippen molar-refractivity contribution < 1.29 is 8.42 Å². The highest BCUT2D eigenvalue weighted by Crippen LogP contribution is 2.19. The first kappa shape index (κ1) is 14.4. The molecule has 0 bridgehead atoms. The summed E-state index contributed by atoms with van der Waals surface area (Å²) in [5.41, 5.74) is 0.891. The van der Waals surface area contributed by atoms with E-state index < -0.39 is 10.0 Å². The van der Waals surface area contributed by atoms with Crippen molar-refractivity contribution in [3.8, 4) is 0 Å². The van der Waals surface area contributed by atoms with Crippen LogP contribution in [0.4, 0.5) is 0 Å². The first-order valence-electron chi connectivity index (χ1n) is 5.27. The first-order chi connectivity index (χ1) is 7.78. The van der Waals surface area contributed by atoms with Gasteiger partial charge < -0.3 is 0 Å². The van der Waals surface area contributed by atoms with Gasteiger partial charge in [-0.3, -0.25) is 0 Å². The third kappa shape index (κ3) is 5.47. The Hall–Kier alpha value is -0.660. The molecule has 0 unspecified atom stereocenters. The molecule has 1 rings (SSSR count). The summed E-state index contributed by atoms with van der Waals surface area (Å²) in [6.07, 6.45) is 0. The molecule has 1 aromatic rings. The van der Waals surface area contributed by atoms with Crippen LogP contribution in [0.1, 0.15) is 31.3 Å². The normalized spacial score (nSPS) is 12.1. The zero-order valence-electron chi connectivity index (χ0n) is 10.2. The average Bonchev–Trinajstić information content (AvgIpc) is 2.14. The summed E-state index contributed by atoms with van der Waals surface area (Å²) < 4.78 is 21.6. The van der Waals surface area contributed by atoms with Crippen molar-refractivity contribution in [2.24, 2.45) is 5.14 Å². The fourth-order valence-corrected chi connectivity index (χ4v) is 3.04. The monoisotopic (exact) mass is 275 g/mol. The minimum absolute atomic E-state index is 0.0439. The average molecular weight is 275 g/mol. The van der Waals surface area contributed by atoms with Gasteiger partial charge >= 0.3 is 0 Å². The molecule has 1 heterocycles. The van der Waals surface area contributed by atoms with E-state index in [1.807, 2.05) is 26.8 Å². The van der Waals surface area contributed by atoms with Crippen LogP contribution in [0.25, 0.3) is 0 Å². The molecule has 0 radical (unpaired) electrons. The maximum absolute atomic E-state index is 10.8. The fourth-order valence-electron chi connectivity index (χ4n) is 1.16. The predicted octanol–water partition coefficient (Wildman–Crippen LogP) is 1.29. The molecule has 0 aliphatic rings. The lowest BCUT2D eigenvalue weighted by atomic mass is 10.2. The van der Waals surface area contributed by atoms with E-state index in [1.165, 1.54) is 11.8 Å². The van der Waals surface area contributed by atoms with E-state index in [9.17, 15) is 8.42 Å². The number of nitrogens with two attached hydrogens (primary N) is 1. The predicted molar refractivity (Wildman–Crippen MR) is 69.6 cm³/mol. The number of primary sulfonamides is 1. The first-order valence-corrected chi connectivity index (χ1v) is 7.97. The van der Waals surface area contributed by atoms with Crippen LogP contribution in [-0.4, -0.2) is 29.9 Å².